The summed E-state index contributed by atoms with van der Waals surface area (Å²) >= 11 is 6.17. The van der Waals surface area contributed by atoms with Gasteiger partial charge in [0.15, 0.2) is 6.29 Å². The van der Waals surface area contributed by atoms with Gasteiger partial charge in [0.25, 0.3) is 0 Å². The molecule has 0 amide bonds. The predicted molar refractivity (Wildman–Crippen MR) is 69.4 cm³/mol. The normalized spacial score (nSPS) is 15.9. The molecule has 1 saturated heterocycles. The van der Waals surface area contributed by atoms with Crippen molar-refractivity contribution in [2.75, 3.05) is 13.2 Å². The molecule has 3 heterocycles. The van der Waals surface area contributed by atoms with E-state index in [9.17, 15) is 4.79 Å². The number of carbonyl (C=O) groups excluding carboxylic acids is 1. The van der Waals surface area contributed by atoms with Gasteiger partial charge in [0, 0.05) is 22.7 Å². The highest BCUT2D eigenvalue weighted by molar-refractivity contribution is 6.31. The number of rotatable bonds is 3. The molecule has 18 heavy (non-hydrogen) atoms. The second-order valence-corrected chi connectivity index (χ2v) is 4.78. The largest absolute Gasteiger partial charge is 0.377 e. The van der Waals surface area contributed by atoms with Gasteiger partial charge in [0.05, 0.1) is 19.3 Å². The summed E-state index contributed by atoms with van der Waals surface area (Å²) in [6.07, 6.45) is 3.53. The highest BCUT2D eigenvalue weighted by Crippen LogP contribution is 2.30. The van der Waals surface area contributed by atoms with Gasteiger partial charge in [0.2, 0.25) is 0 Å². The van der Waals surface area contributed by atoms with Crippen molar-refractivity contribution in [2.24, 2.45) is 0 Å². The summed E-state index contributed by atoms with van der Waals surface area (Å²) in [6.45, 7) is 3.35. The number of fused-ring (bicyclic) bond motifs is 1. The van der Waals surface area contributed by atoms with Crippen molar-refractivity contribution < 1.29 is 9.53 Å². The van der Waals surface area contributed by atoms with Crippen LogP contribution in [-0.2, 0) is 11.2 Å². The molecule has 0 aromatic carbocycles. The van der Waals surface area contributed by atoms with Crippen molar-refractivity contribution in [2.45, 2.75) is 19.4 Å². The van der Waals surface area contributed by atoms with Crippen LogP contribution in [0.1, 0.15) is 28.9 Å². The molecule has 0 saturated carbocycles. The van der Waals surface area contributed by atoms with E-state index in [-0.39, 0.29) is 0 Å². The van der Waals surface area contributed by atoms with Gasteiger partial charge in [0.1, 0.15) is 10.8 Å². The minimum atomic E-state index is 0.304. The Bertz CT molecular complexity index is 617. The first-order chi connectivity index (χ1) is 8.76. The number of aldehydes is 1. The summed E-state index contributed by atoms with van der Waals surface area (Å²) in [5.41, 5.74) is 2.25. The van der Waals surface area contributed by atoms with E-state index in [4.69, 9.17) is 16.3 Å². The van der Waals surface area contributed by atoms with Gasteiger partial charge in [-0.2, -0.15) is 0 Å². The number of hydrogen-bond acceptors (Lipinski definition) is 3. The second kappa shape index (κ2) is 4.37. The Labute approximate surface area is 110 Å². The highest BCUT2D eigenvalue weighted by Gasteiger charge is 2.24. The fourth-order valence-corrected chi connectivity index (χ4v) is 2.67. The Kier molecular flexibility index (Phi) is 2.84. The van der Waals surface area contributed by atoms with Crippen LogP contribution in [0.4, 0.5) is 0 Å². The number of halogens is 1. The molecule has 94 valence electrons. The molecule has 2 aromatic heterocycles. The predicted octanol–water partition coefficient (Wildman–Crippen LogP) is 2.64. The summed E-state index contributed by atoms with van der Waals surface area (Å²) in [5.74, 6) is 0. The molecule has 0 aliphatic carbocycles. The van der Waals surface area contributed by atoms with Crippen LogP contribution in [0.2, 0.25) is 5.15 Å². The molecule has 4 nitrogen and oxygen atoms in total. The van der Waals surface area contributed by atoms with Gasteiger partial charge < -0.3 is 9.30 Å². The first-order valence-electron chi connectivity index (χ1n) is 5.98. The third-order valence-electron chi connectivity index (χ3n) is 3.44. The Balaban J connectivity index is 2.27. The molecule has 3 rings (SSSR count). The Morgan fingerprint density at radius 3 is 2.94 bits per heavy atom. The van der Waals surface area contributed by atoms with Crippen molar-refractivity contribution >= 4 is 28.9 Å². The van der Waals surface area contributed by atoms with E-state index < -0.39 is 0 Å². The van der Waals surface area contributed by atoms with Gasteiger partial charge >= 0.3 is 0 Å². The highest BCUT2D eigenvalue weighted by atomic mass is 35.5. The number of aromatic nitrogens is 2. The van der Waals surface area contributed by atoms with E-state index in [2.05, 4.69) is 4.98 Å². The van der Waals surface area contributed by atoms with Gasteiger partial charge in [-0.15, -0.1) is 0 Å². The molecule has 0 radical (unpaired) electrons. The molecule has 0 atom stereocenters. The molecule has 5 heteroatoms. The van der Waals surface area contributed by atoms with Crippen molar-refractivity contribution in [3.05, 3.63) is 28.5 Å². The number of hydrogen-bond donors (Lipinski definition) is 0. The number of ether oxygens (including phenoxy) is 1. The summed E-state index contributed by atoms with van der Waals surface area (Å²) in [7, 11) is 0. The van der Waals surface area contributed by atoms with Gasteiger partial charge in [-0.1, -0.05) is 18.5 Å². The van der Waals surface area contributed by atoms with Crippen molar-refractivity contribution in [1.82, 2.24) is 9.55 Å². The van der Waals surface area contributed by atoms with E-state index in [1.54, 1.807) is 0 Å². The molecule has 0 spiro atoms. The lowest BCUT2D eigenvalue weighted by atomic mass is 10.1. The van der Waals surface area contributed by atoms with E-state index in [0.29, 0.717) is 36.4 Å². The third kappa shape index (κ3) is 1.56. The lowest BCUT2D eigenvalue weighted by Crippen LogP contribution is -2.30. The summed E-state index contributed by atoms with van der Waals surface area (Å²) in [4.78, 5) is 15.7. The zero-order valence-corrected chi connectivity index (χ0v) is 10.8. The zero-order valence-electron chi connectivity index (χ0n) is 10.0. The zero-order chi connectivity index (χ0) is 12.7. The smallest absolute Gasteiger partial charge is 0.151 e. The maximum Gasteiger partial charge on any atom is 0.151 e. The van der Waals surface area contributed by atoms with Crippen LogP contribution in [0, 0.1) is 0 Å². The van der Waals surface area contributed by atoms with Crippen molar-refractivity contribution in [3.8, 4) is 0 Å². The quantitative estimate of drug-likeness (QED) is 0.632. The first kappa shape index (κ1) is 11.7. The van der Waals surface area contributed by atoms with Crippen LogP contribution in [0.5, 0.6) is 0 Å². The Hall–Kier alpha value is -1.39. The standard InChI is InChI=1S/C13H13ClN2O2/c1-2-9-11(5-17)10-3-4-16(8-6-18-7-8)13(10)15-12(9)14/h3-5,8H,2,6-7H2,1H3. The van der Waals surface area contributed by atoms with Crippen LogP contribution in [-0.4, -0.2) is 29.1 Å². The fourth-order valence-electron chi connectivity index (χ4n) is 2.35. The molecule has 2 aromatic rings. The fraction of sp³-hybridized carbons (Fsp3) is 0.385. The minimum Gasteiger partial charge on any atom is -0.377 e. The number of nitrogens with zero attached hydrogens (tertiary/aromatic N) is 2. The minimum absolute atomic E-state index is 0.304. The molecule has 1 aliphatic heterocycles. The third-order valence-corrected chi connectivity index (χ3v) is 3.75. The van der Waals surface area contributed by atoms with Gasteiger partial charge in [-0.25, -0.2) is 4.98 Å². The van der Waals surface area contributed by atoms with Crippen molar-refractivity contribution in [1.29, 1.82) is 0 Å². The summed E-state index contributed by atoms with van der Waals surface area (Å²) in [5, 5.41) is 1.30. The van der Waals surface area contributed by atoms with E-state index in [0.717, 1.165) is 22.9 Å². The molecule has 1 aliphatic rings. The van der Waals surface area contributed by atoms with E-state index >= 15 is 0 Å². The summed E-state index contributed by atoms with van der Waals surface area (Å²) < 4.78 is 7.23. The molecule has 0 N–H and O–H groups in total. The number of pyridine rings is 1. The van der Waals surface area contributed by atoms with Crippen LogP contribution >= 0.6 is 11.6 Å². The number of carbonyl (C=O) groups is 1. The monoisotopic (exact) mass is 264 g/mol. The average molecular weight is 265 g/mol. The van der Waals surface area contributed by atoms with E-state index in [1.165, 1.54) is 0 Å². The molecule has 0 unspecified atom stereocenters. The maximum absolute atomic E-state index is 11.3. The van der Waals surface area contributed by atoms with E-state index in [1.807, 2.05) is 23.8 Å². The van der Waals surface area contributed by atoms with Gasteiger partial charge in [-0.3, -0.25) is 4.79 Å². The SMILES string of the molecule is CCc1c(Cl)nc2c(ccn2C2COC2)c1C=O. The first-order valence-corrected chi connectivity index (χ1v) is 6.36. The molecule has 0 bridgehead atoms. The lowest BCUT2D eigenvalue weighted by molar-refractivity contribution is -0.0216. The Morgan fingerprint density at radius 2 is 2.39 bits per heavy atom. The van der Waals surface area contributed by atoms with Crippen molar-refractivity contribution in [3.63, 3.8) is 0 Å². The molecular weight excluding hydrogens is 252 g/mol. The maximum atomic E-state index is 11.3. The average Bonchev–Trinajstić information content (AvgIpc) is 2.69. The summed E-state index contributed by atoms with van der Waals surface area (Å²) in [6, 6.07) is 2.23. The second-order valence-electron chi connectivity index (χ2n) is 4.42. The van der Waals surface area contributed by atoms with Crippen LogP contribution in [0.15, 0.2) is 12.3 Å². The topological polar surface area (TPSA) is 44.1 Å². The lowest BCUT2D eigenvalue weighted by Gasteiger charge is -2.28. The van der Waals surface area contributed by atoms with Crippen LogP contribution in [0.3, 0.4) is 0 Å². The van der Waals surface area contributed by atoms with Gasteiger partial charge in [-0.05, 0) is 12.5 Å². The molecular formula is C13H13ClN2O2. The molecule has 1 fully saturated rings. The van der Waals surface area contributed by atoms with Crippen LogP contribution in [0.25, 0.3) is 11.0 Å². The Morgan fingerprint density at radius 1 is 1.61 bits per heavy atom. The van der Waals surface area contributed by atoms with Crippen LogP contribution < -0.4 is 0 Å².